The second-order valence-electron chi connectivity index (χ2n) is 10.1. The van der Waals surface area contributed by atoms with Crippen LogP contribution in [0.15, 0.2) is 47.3 Å². The van der Waals surface area contributed by atoms with Crippen molar-refractivity contribution >= 4 is 11.5 Å². The Morgan fingerprint density at radius 1 is 1.12 bits per heavy atom. The van der Waals surface area contributed by atoms with Crippen LogP contribution in [0.4, 0.5) is 0 Å². The van der Waals surface area contributed by atoms with Crippen molar-refractivity contribution in [1.29, 1.82) is 0 Å². The Morgan fingerprint density at radius 3 is 2.61 bits per heavy atom. The third-order valence-corrected chi connectivity index (χ3v) is 8.21. The van der Waals surface area contributed by atoms with E-state index >= 15 is 0 Å². The predicted octanol–water partition coefficient (Wildman–Crippen LogP) is 2.34. The first-order chi connectivity index (χ1) is 16.1. The van der Waals surface area contributed by atoms with Gasteiger partial charge in [-0.15, -0.1) is 0 Å². The average molecular weight is 446 g/mol. The number of aromatic nitrogens is 1. The van der Waals surface area contributed by atoms with Crippen LogP contribution in [0.2, 0.25) is 0 Å². The standard InChI is InChI=1S/C27H31N3O3/c31-15-22-21-14-30-23(11-10-20(27(30)33)16-6-2-1-3-7-16)24(21)29-25(22)26(32)28-19-12-17-8-4-5-9-18(17)13-19/h4-6,8-11,19,21-22,24-25,29,31H,1-3,7,12-15H2,(H,28,32)/t21-,22-,24+,25-/m1/s1. The molecule has 2 aromatic rings. The van der Waals surface area contributed by atoms with Gasteiger partial charge in [-0.25, -0.2) is 0 Å². The zero-order valence-electron chi connectivity index (χ0n) is 18.8. The van der Waals surface area contributed by atoms with E-state index < -0.39 is 6.04 Å². The second-order valence-corrected chi connectivity index (χ2v) is 10.1. The van der Waals surface area contributed by atoms with Crippen LogP contribution in [-0.4, -0.2) is 34.3 Å². The number of carbonyl (C=O) groups is 1. The highest BCUT2D eigenvalue weighted by atomic mass is 16.3. The average Bonchev–Trinajstić information content (AvgIpc) is 3.51. The molecule has 6 heteroatoms. The normalized spacial score (nSPS) is 28.2. The van der Waals surface area contributed by atoms with Crippen LogP contribution in [-0.2, 0) is 24.2 Å². The Balaban J connectivity index is 1.21. The number of hydrogen-bond donors (Lipinski definition) is 3. The summed E-state index contributed by atoms with van der Waals surface area (Å²) in [6.07, 6.45) is 8.24. The molecule has 0 bridgehead atoms. The van der Waals surface area contributed by atoms with Crippen molar-refractivity contribution in [2.45, 2.75) is 63.2 Å². The van der Waals surface area contributed by atoms with E-state index in [1.807, 2.05) is 28.8 Å². The van der Waals surface area contributed by atoms with Gasteiger partial charge in [0.05, 0.1) is 12.1 Å². The summed E-state index contributed by atoms with van der Waals surface area (Å²) < 4.78 is 1.87. The third-order valence-electron chi connectivity index (χ3n) is 8.21. The van der Waals surface area contributed by atoms with Crippen LogP contribution in [0, 0.1) is 11.8 Å². The number of carbonyl (C=O) groups excluding carboxylic acids is 1. The summed E-state index contributed by atoms with van der Waals surface area (Å²) in [7, 11) is 0. The van der Waals surface area contributed by atoms with Crippen molar-refractivity contribution in [2.75, 3.05) is 6.61 Å². The zero-order chi connectivity index (χ0) is 22.5. The smallest absolute Gasteiger partial charge is 0.258 e. The predicted molar refractivity (Wildman–Crippen MR) is 127 cm³/mol. The summed E-state index contributed by atoms with van der Waals surface area (Å²) in [6.45, 7) is 0.481. The maximum Gasteiger partial charge on any atom is 0.258 e. The van der Waals surface area contributed by atoms with Gasteiger partial charge in [0.2, 0.25) is 5.91 Å². The van der Waals surface area contributed by atoms with Crippen LogP contribution in [0.1, 0.15) is 54.1 Å². The second kappa shape index (κ2) is 8.26. The van der Waals surface area contributed by atoms with Crippen molar-refractivity contribution in [3.05, 3.63) is 75.2 Å². The molecule has 3 N–H and O–H groups in total. The minimum Gasteiger partial charge on any atom is -0.396 e. The van der Waals surface area contributed by atoms with Gasteiger partial charge in [-0.1, -0.05) is 30.3 Å². The Bertz CT molecular complexity index is 1160. The SMILES string of the molecule is O=C(NC1Cc2ccccc2C1)[C@@H]1N[C@@H]2c3ccc(C4=CCCCC4)c(=O)n3C[C@@H]2[C@H]1CO. The van der Waals surface area contributed by atoms with Gasteiger partial charge in [-0.2, -0.15) is 0 Å². The molecule has 2 aliphatic heterocycles. The van der Waals surface area contributed by atoms with E-state index in [-0.39, 0.29) is 42.0 Å². The molecule has 1 saturated heterocycles. The van der Waals surface area contributed by atoms with Gasteiger partial charge >= 0.3 is 0 Å². The van der Waals surface area contributed by atoms with E-state index in [0.29, 0.717) is 6.54 Å². The first kappa shape index (κ1) is 20.9. The van der Waals surface area contributed by atoms with Crippen LogP contribution < -0.4 is 16.2 Å². The number of nitrogens with zero attached hydrogens (tertiary/aromatic N) is 1. The van der Waals surface area contributed by atoms with Crippen molar-refractivity contribution in [3.63, 3.8) is 0 Å². The molecular formula is C27H31N3O3. The maximum absolute atomic E-state index is 13.3. The third kappa shape index (κ3) is 3.47. The van der Waals surface area contributed by atoms with Gasteiger partial charge in [0.25, 0.3) is 5.56 Å². The molecule has 33 heavy (non-hydrogen) atoms. The molecule has 3 heterocycles. The summed E-state index contributed by atoms with van der Waals surface area (Å²) in [5, 5.41) is 16.9. The van der Waals surface area contributed by atoms with Crippen LogP contribution in [0.3, 0.4) is 0 Å². The summed E-state index contributed by atoms with van der Waals surface area (Å²) in [4.78, 5) is 26.5. The lowest BCUT2D eigenvalue weighted by molar-refractivity contribution is -0.125. The van der Waals surface area contributed by atoms with Gasteiger partial charge in [-0.3, -0.25) is 14.9 Å². The number of amides is 1. The molecule has 6 rings (SSSR count). The number of aliphatic hydroxyl groups is 1. The molecule has 0 unspecified atom stereocenters. The Morgan fingerprint density at radius 2 is 1.91 bits per heavy atom. The lowest BCUT2D eigenvalue weighted by Gasteiger charge is -2.23. The zero-order valence-corrected chi connectivity index (χ0v) is 18.8. The number of pyridine rings is 1. The quantitative estimate of drug-likeness (QED) is 0.675. The minimum absolute atomic E-state index is 0.0369. The monoisotopic (exact) mass is 445 g/mol. The van der Waals surface area contributed by atoms with Crippen LogP contribution in [0.25, 0.3) is 5.57 Å². The fraction of sp³-hybridized carbons (Fsp3) is 0.481. The molecule has 172 valence electrons. The van der Waals surface area contributed by atoms with E-state index in [9.17, 15) is 14.7 Å². The molecular weight excluding hydrogens is 414 g/mol. The highest BCUT2D eigenvalue weighted by Gasteiger charge is 2.50. The van der Waals surface area contributed by atoms with Gasteiger partial charge in [-0.05, 0) is 67.4 Å². The van der Waals surface area contributed by atoms with Gasteiger partial charge in [0.15, 0.2) is 0 Å². The molecule has 2 aliphatic carbocycles. The molecule has 1 aromatic heterocycles. The Kier molecular flexibility index (Phi) is 5.23. The van der Waals surface area contributed by atoms with Gasteiger partial charge in [0, 0.05) is 42.3 Å². The highest BCUT2D eigenvalue weighted by Crippen LogP contribution is 2.43. The fourth-order valence-electron chi connectivity index (χ4n) is 6.53. The molecule has 1 fully saturated rings. The molecule has 6 nitrogen and oxygen atoms in total. The van der Waals surface area contributed by atoms with Gasteiger partial charge in [0.1, 0.15) is 0 Å². The number of fused-ring (bicyclic) bond motifs is 4. The topological polar surface area (TPSA) is 83.4 Å². The summed E-state index contributed by atoms with van der Waals surface area (Å²) in [5.41, 5.74) is 5.59. The number of hydrogen-bond acceptors (Lipinski definition) is 4. The largest absolute Gasteiger partial charge is 0.396 e. The number of rotatable bonds is 4. The number of allylic oxidation sites excluding steroid dienone is 2. The van der Waals surface area contributed by atoms with Crippen molar-refractivity contribution in [2.24, 2.45) is 11.8 Å². The highest BCUT2D eigenvalue weighted by molar-refractivity contribution is 5.83. The first-order valence-electron chi connectivity index (χ1n) is 12.3. The Hall–Kier alpha value is -2.70. The van der Waals surface area contributed by atoms with Crippen molar-refractivity contribution in [1.82, 2.24) is 15.2 Å². The van der Waals surface area contributed by atoms with Crippen molar-refractivity contribution in [3.8, 4) is 0 Å². The molecule has 4 aliphatic rings. The Labute approximate surface area is 193 Å². The molecule has 1 amide bonds. The van der Waals surface area contributed by atoms with E-state index in [1.54, 1.807) is 0 Å². The van der Waals surface area contributed by atoms with Crippen LogP contribution in [0.5, 0.6) is 0 Å². The van der Waals surface area contributed by atoms with E-state index in [4.69, 9.17) is 0 Å². The lowest BCUT2D eigenvalue weighted by atomic mass is 9.88. The first-order valence-corrected chi connectivity index (χ1v) is 12.3. The molecule has 1 aromatic carbocycles. The minimum atomic E-state index is -0.446. The van der Waals surface area contributed by atoms with E-state index in [1.165, 1.54) is 23.1 Å². The number of aliphatic hydroxyl groups excluding tert-OH is 1. The van der Waals surface area contributed by atoms with E-state index in [2.05, 4.69) is 28.8 Å². The maximum atomic E-state index is 13.3. The molecule has 0 saturated carbocycles. The van der Waals surface area contributed by atoms with E-state index in [0.717, 1.165) is 43.4 Å². The number of nitrogens with one attached hydrogen (secondary N) is 2. The number of benzene rings is 1. The summed E-state index contributed by atoms with van der Waals surface area (Å²) in [5.74, 6) is -0.218. The fourth-order valence-corrected chi connectivity index (χ4v) is 6.53. The van der Waals surface area contributed by atoms with Gasteiger partial charge < -0.3 is 15.0 Å². The molecule has 4 atom stereocenters. The summed E-state index contributed by atoms with van der Waals surface area (Å²) >= 11 is 0. The van der Waals surface area contributed by atoms with Crippen LogP contribution >= 0.6 is 0 Å². The lowest BCUT2D eigenvalue weighted by Crippen LogP contribution is -2.49. The van der Waals surface area contributed by atoms with Crippen molar-refractivity contribution < 1.29 is 9.90 Å². The molecule has 0 radical (unpaired) electrons. The summed E-state index contributed by atoms with van der Waals surface area (Å²) in [6, 6.07) is 11.9. The molecule has 0 spiro atoms.